The summed E-state index contributed by atoms with van der Waals surface area (Å²) < 4.78 is 1.79. The molecule has 5 heteroatoms. The fourth-order valence-corrected chi connectivity index (χ4v) is 2.50. The molecule has 2 aromatic heterocycles. The number of amides is 1. The number of aryl methyl sites for hydroxylation is 1. The number of carbonyl (C=O) groups excluding carboxylic acids is 1. The van der Waals surface area contributed by atoms with Crippen LogP contribution in [-0.2, 0) is 0 Å². The Hall–Kier alpha value is -2.95. The van der Waals surface area contributed by atoms with Crippen molar-refractivity contribution in [3.05, 3.63) is 78.0 Å². The topological polar surface area (TPSA) is 59.8 Å². The van der Waals surface area contributed by atoms with Crippen molar-refractivity contribution in [2.24, 2.45) is 0 Å². The van der Waals surface area contributed by atoms with Crippen molar-refractivity contribution in [2.45, 2.75) is 19.9 Å². The lowest BCUT2D eigenvalue weighted by atomic mass is 10.0. The zero-order valence-corrected chi connectivity index (χ0v) is 13.1. The molecular weight excluding hydrogens is 288 g/mol. The summed E-state index contributed by atoms with van der Waals surface area (Å²) in [5, 5.41) is 3.01. The van der Waals surface area contributed by atoms with Crippen LogP contribution < -0.4 is 5.32 Å². The highest BCUT2D eigenvalue weighted by Crippen LogP contribution is 2.17. The van der Waals surface area contributed by atoms with Gasteiger partial charge in [0.25, 0.3) is 5.91 Å². The first-order chi connectivity index (χ1) is 11.1. The Morgan fingerprint density at radius 2 is 2.04 bits per heavy atom. The second-order valence-corrected chi connectivity index (χ2v) is 5.43. The van der Waals surface area contributed by atoms with E-state index in [0.29, 0.717) is 5.56 Å². The van der Waals surface area contributed by atoms with E-state index in [1.807, 2.05) is 44.3 Å². The van der Waals surface area contributed by atoms with Gasteiger partial charge >= 0.3 is 0 Å². The number of hydrogen-bond acceptors (Lipinski definition) is 3. The molecule has 0 bridgehead atoms. The van der Waals surface area contributed by atoms with E-state index in [9.17, 15) is 4.79 Å². The molecule has 0 aliphatic carbocycles. The average Bonchev–Trinajstić information content (AvgIpc) is 3.09. The molecule has 23 heavy (non-hydrogen) atoms. The molecule has 2 heterocycles. The first-order valence-corrected chi connectivity index (χ1v) is 7.46. The monoisotopic (exact) mass is 306 g/mol. The molecule has 0 aliphatic heterocycles. The maximum atomic E-state index is 12.4. The van der Waals surface area contributed by atoms with E-state index >= 15 is 0 Å². The third kappa shape index (κ3) is 3.29. The van der Waals surface area contributed by atoms with Gasteiger partial charge in [-0.15, -0.1) is 0 Å². The average molecular weight is 306 g/mol. The lowest BCUT2D eigenvalue weighted by Crippen LogP contribution is -2.27. The molecule has 0 radical (unpaired) electrons. The summed E-state index contributed by atoms with van der Waals surface area (Å²) in [4.78, 5) is 20.7. The number of hydrogen-bond donors (Lipinski definition) is 1. The first-order valence-electron chi connectivity index (χ1n) is 7.46. The summed E-state index contributed by atoms with van der Waals surface area (Å²) in [5.41, 5.74) is 2.81. The summed E-state index contributed by atoms with van der Waals surface area (Å²) in [7, 11) is 0. The van der Waals surface area contributed by atoms with Crippen molar-refractivity contribution in [3.8, 4) is 5.82 Å². The predicted molar refractivity (Wildman–Crippen MR) is 88.4 cm³/mol. The normalized spacial score (nSPS) is 11.9. The Labute approximate surface area is 135 Å². The fraction of sp³-hybridized carbons (Fsp3) is 0.167. The standard InChI is InChI=1S/C18H18N4O/c1-13-5-3-4-6-16(13)14(2)21-18(23)15-7-8-17(20-11-15)22-10-9-19-12-22/h3-12,14H,1-2H3,(H,21,23). The third-order valence-corrected chi connectivity index (χ3v) is 3.78. The summed E-state index contributed by atoms with van der Waals surface area (Å²) in [5.74, 6) is 0.594. The number of nitrogens with one attached hydrogen (secondary N) is 1. The van der Waals surface area contributed by atoms with Crippen molar-refractivity contribution in [1.29, 1.82) is 0 Å². The molecule has 1 aromatic carbocycles. The van der Waals surface area contributed by atoms with Crippen molar-refractivity contribution < 1.29 is 4.79 Å². The van der Waals surface area contributed by atoms with Crippen LogP contribution in [0.1, 0.15) is 34.5 Å². The van der Waals surface area contributed by atoms with Gasteiger partial charge in [-0.2, -0.15) is 0 Å². The Kier molecular flexibility index (Phi) is 4.19. The fourth-order valence-electron chi connectivity index (χ4n) is 2.50. The SMILES string of the molecule is Cc1ccccc1C(C)NC(=O)c1ccc(-n2ccnc2)nc1. The van der Waals surface area contributed by atoms with E-state index in [1.165, 1.54) is 0 Å². The number of benzene rings is 1. The number of rotatable bonds is 4. The largest absolute Gasteiger partial charge is 0.345 e. The van der Waals surface area contributed by atoms with E-state index in [1.54, 1.807) is 35.4 Å². The number of pyridine rings is 1. The second-order valence-electron chi connectivity index (χ2n) is 5.43. The van der Waals surface area contributed by atoms with Gasteiger partial charge in [0.2, 0.25) is 0 Å². The van der Waals surface area contributed by atoms with Crippen LogP contribution in [0.4, 0.5) is 0 Å². The number of nitrogens with zero attached hydrogens (tertiary/aromatic N) is 3. The van der Waals surface area contributed by atoms with Crippen LogP contribution in [0.3, 0.4) is 0 Å². The van der Waals surface area contributed by atoms with Crippen molar-refractivity contribution >= 4 is 5.91 Å². The minimum absolute atomic E-state index is 0.0583. The molecule has 1 amide bonds. The molecule has 0 fully saturated rings. The molecule has 116 valence electrons. The molecule has 1 atom stereocenters. The van der Waals surface area contributed by atoms with Crippen LogP contribution in [0.25, 0.3) is 5.82 Å². The van der Waals surface area contributed by atoms with E-state index in [0.717, 1.165) is 16.9 Å². The van der Waals surface area contributed by atoms with Gasteiger partial charge in [0.1, 0.15) is 12.1 Å². The highest BCUT2D eigenvalue weighted by atomic mass is 16.1. The zero-order chi connectivity index (χ0) is 16.2. The van der Waals surface area contributed by atoms with Crippen LogP contribution in [0.2, 0.25) is 0 Å². The molecule has 3 rings (SSSR count). The predicted octanol–water partition coefficient (Wildman–Crippen LogP) is 3.07. The Balaban J connectivity index is 1.72. The summed E-state index contributed by atoms with van der Waals surface area (Å²) in [6.07, 6.45) is 6.74. The highest BCUT2D eigenvalue weighted by Gasteiger charge is 2.13. The molecule has 0 aliphatic rings. The van der Waals surface area contributed by atoms with Gasteiger partial charge in [-0.25, -0.2) is 9.97 Å². The van der Waals surface area contributed by atoms with Crippen LogP contribution in [-0.4, -0.2) is 20.4 Å². The van der Waals surface area contributed by atoms with Gasteiger partial charge in [-0.05, 0) is 37.1 Å². The van der Waals surface area contributed by atoms with Gasteiger partial charge in [-0.1, -0.05) is 24.3 Å². The van der Waals surface area contributed by atoms with Crippen molar-refractivity contribution in [2.75, 3.05) is 0 Å². The van der Waals surface area contributed by atoms with Crippen LogP contribution in [0.15, 0.2) is 61.3 Å². The molecule has 0 spiro atoms. The maximum Gasteiger partial charge on any atom is 0.253 e. The van der Waals surface area contributed by atoms with Crippen LogP contribution in [0.5, 0.6) is 0 Å². The van der Waals surface area contributed by atoms with Crippen LogP contribution >= 0.6 is 0 Å². The van der Waals surface area contributed by atoms with E-state index < -0.39 is 0 Å². The smallest absolute Gasteiger partial charge is 0.253 e. The van der Waals surface area contributed by atoms with Gasteiger partial charge in [-0.3, -0.25) is 9.36 Å². The minimum atomic E-state index is -0.134. The molecule has 1 N–H and O–H groups in total. The maximum absolute atomic E-state index is 12.4. The van der Waals surface area contributed by atoms with Crippen molar-refractivity contribution in [3.63, 3.8) is 0 Å². The first kappa shape index (κ1) is 15.0. The minimum Gasteiger partial charge on any atom is -0.345 e. The molecule has 5 nitrogen and oxygen atoms in total. The highest BCUT2D eigenvalue weighted by molar-refractivity contribution is 5.94. The van der Waals surface area contributed by atoms with Gasteiger partial charge < -0.3 is 5.32 Å². The zero-order valence-electron chi connectivity index (χ0n) is 13.1. The molecular formula is C18H18N4O. The number of carbonyl (C=O) groups is 1. The lowest BCUT2D eigenvalue weighted by molar-refractivity contribution is 0.0939. The Morgan fingerprint density at radius 3 is 2.70 bits per heavy atom. The molecule has 3 aromatic rings. The van der Waals surface area contributed by atoms with Crippen LogP contribution in [0, 0.1) is 6.92 Å². The Morgan fingerprint density at radius 1 is 1.22 bits per heavy atom. The summed E-state index contributed by atoms with van der Waals surface area (Å²) in [6.45, 7) is 4.02. The summed E-state index contributed by atoms with van der Waals surface area (Å²) in [6, 6.07) is 11.5. The third-order valence-electron chi connectivity index (χ3n) is 3.78. The number of aromatic nitrogens is 3. The molecule has 0 saturated carbocycles. The van der Waals surface area contributed by atoms with Crippen molar-refractivity contribution in [1.82, 2.24) is 19.9 Å². The Bertz CT molecular complexity index is 794. The number of imidazole rings is 1. The van der Waals surface area contributed by atoms with Gasteiger partial charge in [0, 0.05) is 18.6 Å². The van der Waals surface area contributed by atoms with E-state index in [4.69, 9.17) is 0 Å². The summed E-state index contributed by atoms with van der Waals surface area (Å²) >= 11 is 0. The van der Waals surface area contributed by atoms with Gasteiger partial charge in [0.15, 0.2) is 0 Å². The lowest BCUT2D eigenvalue weighted by Gasteiger charge is -2.16. The van der Waals surface area contributed by atoms with E-state index in [-0.39, 0.29) is 11.9 Å². The molecule has 0 saturated heterocycles. The van der Waals surface area contributed by atoms with E-state index in [2.05, 4.69) is 15.3 Å². The quantitative estimate of drug-likeness (QED) is 0.806. The second kappa shape index (κ2) is 6.44. The molecule has 1 unspecified atom stereocenters. The van der Waals surface area contributed by atoms with Gasteiger partial charge in [0.05, 0.1) is 11.6 Å².